The van der Waals surface area contributed by atoms with E-state index < -0.39 is 5.97 Å². The highest BCUT2D eigenvalue weighted by Gasteiger charge is 2.26. The first-order valence-corrected chi connectivity index (χ1v) is 7.02. The Kier molecular flexibility index (Phi) is 3.65. The van der Waals surface area contributed by atoms with Crippen LogP contribution in [0.5, 0.6) is 0 Å². The molecule has 1 unspecified atom stereocenters. The molecule has 20 heavy (non-hydrogen) atoms. The number of nitrogens with zero attached hydrogens (tertiary/aromatic N) is 2. The van der Waals surface area contributed by atoms with Gasteiger partial charge in [0.25, 0.3) is 0 Å². The van der Waals surface area contributed by atoms with Gasteiger partial charge < -0.3 is 5.11 Å². The SMILES string of the molecule is O=C(O)CC1CCCN1Cc1cccc2cccnc12. The van der Waals surface area contributed by atoms with Crippen LogP contribution in [-0.2, 0) is 11.3 Å². The van der Waals surface area contributed by atoms with Crippen molar-refractivity contribution in [1.29, 1.82) is 0 Å². The molecular formula is C16H18N2O2. The van der Waals surface area contributed by atoms with Gasteiger partial charge in [-0.3, -0.25) is 14.7 Å². The molecule has 1 aromatic carbocycles. The van der Waals surface area contributed by atoms with Crippen LogP contribution in [0, 0.1) is 0 Å². The van der Waals surface area contributed by atoms with Crippen LogP contribution in [0.25, 0.3) is 10.9 Å². The summed E-state index contributed by atoms with van der Waals surface area (Å²) in [6, 6.07) is 10.4. The fourth-order valence-corrected chi connectivity index (χ4v) is 3.05. The van der Waals surface area contributed by atoms with E-state index in [2.05, 4.69) is 28.1 Å². The van der Waals surface area contributed by atoms with Crippen molar-refractivity contribution in [3.63, 3.8) is 0 Å². The number of aliphatic carboxylic acids is 1. The number of likely N-dealkylation sites (tertiary alicyclic amines) is 1. The molecule has 1 aliphatic heterocycles. The second-order valence-electron chi connectivity index (χ2n) is 5.36. The lowest BCUT2D eigenvalue weighted by Gasteiger charge is -2.23. The Labute approximate surface area is 118 Å². The minimum atomic E-state index is -0.710. The van der Waals surface area contributed by atoms with Crippen molar-refractivity contribution in [2.75, 3.05) is 6.54 Å². The minimum Gasteiger partial charge on any atom is -0.481 e. The Morgan fingerprint density at radius 3 is 3.05 bits per heavy atom. The summed E-state index contributed by atoms with van der Waals surface area (Å²) in [5, 5.41) is 10.1. The third-order valence-electron chi connectivity index (χ3n) is 4.00. The maximum atomic E-state index is 10.9. The largest absolute Gasteiger partial charge is 0.481 e. The van der Waals surface area contributed by atoms with E-state index in [9.17, 15) is 4.79 Å². The van der Waals surface area contributed by atoms with E-state index in [1.807, 2.05) is 18.3 Å². The van der Waals surface area contributed by atoms with Crippen LogP contribution < -0.4 is 0 Å². The fraction of sp³-hybridized carbons (Fsp3) is 0.375. The second kappa shape index (κ2) is 5.59. The van der Waals surface area contributed by atoms with Crippen molar-refractivity contribution in [3.05, 3.63) is 42.1 Å². The topological polar surface area (TPSA) is 53.4 Å². The molecule has 0 bridgehead atoms. The minimum absolute atomic E-state index is 0.159. The van der Waals surface area contributed by atoms with Crippen molar-refractivity contribution in [3.8, 4) is 0 Å². The van der Waals surface area contributed by atoms with Gasteiger partial charge in [0, 0.05) is 24.2 Å². The molecule has 4 nitrogen and oxygen atoms in total. The number of hydrogen-bond donors (Lipinski definition) is 1. The molecule has 104 valence electrons. The lowest BCUT2D eigenvalue weighted by molar-refractivity contribution is -0.138. The third-order valence-corrected chi connectivity index (χ3v) is 4.00. The highest BCUT2D eigenvalue weighted by molar-refractivity contribution is 5.81. The third kappa shape index (κ3) is 2.65. The number of carboxylic acid groups (broad SMARTS) is 1. The molecule has 4 heteroatoms. The second-order valence-corrected chi connectivity index (χ2v) is 5.36. The van der Waals surface area contributed by atoms with E-state index in [-0.39, 0.29) is 12.5 Å². The van der Waals surface area contributed by atoms with Gasteiger partial charge in [0.05, 0.1) is 11.9 Å². The fourth-order valence-electron chi connectivity index (χ4n) is 3.05. The smallest absolute Gasteiger partial charge is 0.304 e. The summed E-state index contributed by atoms with van der Waals surface area (Å²) in [6.45, 7) is 1.76. The van der Waals surface area contributed by atoms with Crippen molar-refractivity contribution < 1.29 is 9.90 Å². The number of hydrogen-bond acceptors (Lipinski definition) is 3. The Hall–Kier alpha value is -1.94. The number of benzene rings is 1. The predicted molar refractivity (Wildman–Crippen MR) is 77.4 cm³/mol. The molecule has 2 heterocycles. The molecule has 0 radical (unpaired) electrons. The lowest BCUT2D eigenvalue weighted by Crippen LogP contribution is -2.30. The van der Waals surface area contributed by atoms with Gasteiger partial charge in [0.2, 0.25) is 0 Å². The molecule has 2 aromatic rings. The molecule has 1 N–H and O–H groups in total. The summed E-state index contributed by atoms with van der Waals surface area (Å²) in [5.74, 6) is -0.710. The highest BCUT2D eigenvalue weighted by atomic mass is 16.4. The summed E-state index contributed by atoms with van der Waals surface area (Å²) in [4.78, 5) is 17.7. The first-order chi connectivity index (χ1) is 9.74. The van der Waals surface area contributed by atoms with Gasteiger partial charge in [-0.25, -0.2) is 0 Å². The summed E-state index contributed by atoms with van der Waals surface area (Å²) < 4.78 is 0. The van der Waals surface area contributed by atoms with Crippen LogP contribution in [-0.4, -0.2) is 33.5 Å². The maximum absolute atomic E-state index is 10.9. The van der Waals surface area contributed by atoms with Gasteiger partial charge in [-0.2, -0.15) is 0 Å². The lowest BCUT2D eigenvalue weighted by atomic mass is 10.1. The average Bonchev–Trinajstić information content (AvgIpc) is 2.86. The van der Waals surface area contributed by atoms with Crippen molar-refractivity contribution in [2.45, 2.75) is 31.8 Å². The highest BCUT2D eigenvalue weighted by Crippen LogP contribution is 2.25. The van der Waals surface area contributed by atoms with Crippen LogP contribution in [0.1, 0.15) is 24.8 Å². The van der Waals surface area contributed by atoms with Gasteiger partial charge in [-0.15, -0.1) is 0 Å². The number of pyridine rings is 1. The summed E-state index contributed by atoms with van der Waals surface area (Å²) >= 11 is 0. The van der Waals surface area contributed by atoms with E-state index >= 15 is 0 Å². The number of fused-ring (bicyclic) bond motifs is 1. The molecule has 0 aliphatic carbocycles. The zero-order valence-corrected chi connectivity index (χ0v) is 11.3. The molecule has 1 aromatic heterocycles. The standard InChI is InChI=1S/C16H18N2O2/c19-15(20)10-14-7-3-9-18(14)11-13-5-1-4-12-6-2-8-17-16(12)13/h1-2,4-6,8,14H,3,7,9-11H2,(H,19,20). The molecular weight excluding hydrogens is 252 g/mol. The number of rotatable bonds is 4. The van der Waals surface area contributed by atoms with Crippen LogP contribution in [0.4, 0.5) is 0 Å². The van der Waals surface area contributed by atoms with Crippen LogP contribution in [0.3, 0.4) is 0 Å². The van der Waals surface area contributed by atoms with Gasteiger partial charge in [-0.1, -0.05) is 24.3 Å². The van der Waals surface area contributed by atoms with E-state index in [0.29, 0.717) is 0 Å². The number of para-hydroxylation sites is 1. The Balaban J connectivity index is 1.84. The number of aromatic nitrogens is 1. The summed E-state index contributed by atoms with van der Waals surface area (Å²) in [7, 11) is 0. The molecule has 3 rings (SSSR count). The monoisotopic (exact) mass is 270 g/mol. The van der Waals surface area contributed by atoms with E-state index in [1.165, 1.54) is 5.56 Å². The first-order valence-electron chi connectivity index (χ1n) is 7.02. The molecule has 1 aliphatic rings. The number of carboxylic acids is 1. The van der Waals surface area contributed by atoms with Crippen molar-refractivity contribution >= 4 is 16.9 Å². The summed E-state index contributed by atoms with van der Waals surface area (Å²) in [5.41, 5.74) is 2.20. The van der Waals surface area contributed by atoms with Crippen LogP contribution in [0.15, 0.2) is 36.5 Å². The first kappa shape index (κ1) is 13.1. The van der Waals surface area contributed by atoms with E-state index in [4.69, 9.17) is 5.11 Å². The Bertz CT molecular complexity index is 621. The Morgan fingerprint density at radius 1 is 1.35 bits per heavy atom. The van der Waals surface area contributed by atoms with E-state index in [0.717, 1.165) is 36.8 Å². The predicted octanol–water partition coefficient (Wildman–Crippen LogP) is 2.67. The maximum Gasteiger partial charge on any atom is 0.304 e. The average molecular weight is 270 g/mol. The number of carbonyl (C=O) groups is 1. The van der Waals surface area contributed by atoms with Gasteiger partial charge in [0.1, 0.15) is 0 Å². The van der Waals surface area contributed by atoms with Crippen molar-refractivity contribution in [2.24, 2.45) is 0 Å². The van der Waals surface area contributed by atoms with Crippen molar-refractivity contribution in [1.82, 2.24) is 9.88 Å². The van der Waals surface area contributed by atoms with E-state index in [1.54, 1.807) is 0 Å². The molecule has 0 spiro atoms. The van der Waals surface area contributed by atoms with Gasteiger partial charge in [0.15, 0.2) is 0 Å². The van der Waals surface area contributed by atoms with Gasteiger partial charge in [-0.05, 0) is 31.0 Å². The van der Waals surface area contributed by atoms with Crippen LogP contribution >= 0.6 is 0 Å². The normalized spacial score (nSPS) is 19.5. The molecule has 1 saturated heterocycles. The zero-order valence-electron chi connectivity index (χ0n) is 11.3. The molecule has 1 atom stereocenters. The molecule has 0 saturated carbocycles. The Morgan fingerprint density at radius 2 is 2.20 bits per heavy atom. The molecule has 1 fully saturated rings. The van der Waals surface area contributed by atoms with Crippen LogP contribution in [0.2, 0.25) is 0 Å². The van der Waals surface area contributed by atoms with Gasteiger partial charge >= 0.3 is 5.97 Å². The summed E-state index contributed by atoms with van der Waals surface area (Å²) in [6.07, 6.45) is 4.10. The zero-order chi connectivity index (χ0) is 13.9. The molecule has 0 amide bonds. The quantitative estimate of drug-likeness (QED) is 0.928.